The minimum Gasteiger partial charge on any atom is -0.358 e. The number of rotatable bonds is 3. The molecule has 0 radical (unpaired) electrons. The number of hydrogen-bond donors (Lipinski definition) is 2. The second kappa shape index (κ2) is 6.98. The lowest BCUT2D eigenvalue weighted by Gasteiger charge is -2.12. The molecule has 0 bridgehead atoms. The Bertz CT molecular complexity index is 657. The van der Waals surface area contributed by atoms with Gasteiger partial charge in [0.05, 0.1) is 5.56 Å². The van der Waals surface area contributed by atoms with Crippen molar-refractivity contribution < 1.29 is 13.2 Å². The summed E-state index contributed by atoms with van der Waals surface area (Å²) in [6.45, 7) is 0.198. The maximum Gasteiger partial charge on any atom is 0.416 e. The van der Waals surface area contributed by atoms with Crippen LogP contribution in [0.2, 0.25) is 5.02 Å². The Morgan fingerprint density at radius 3 is 2.41 bits per heavy atom. The van der Waals surface area contributed by atoms with E-state index in [0.717, 1.165) is 17.8 Å². The van der Waals surface area contributed by atoms with Crippen LogP contribution in [0, 0.1) is 0 Å². The summed E-state index contributed by atoms with van der Waals surface area (Å²) in [5.41, 5.74) is 0.560. The van der Waals surface area contributed by atoms with Crippen molar-refractivity contribution in [2.75, 3.05) is 5.32 Å². The van der Waals surface area contributed by atoms with E-state index < -0.39 is 11.7 Å². The molecule has 0 unspecified atom stereocenters. The van der Waals surface area contributed by atoms with Crippen molar-refractivity contribution in [3.8, 4) is 0 Å². The van der Waals surface area contributed by atoms with Gasteiger partial charge in [0, 0.05) is 17.3 Å². The van der Waals surface area contributed by atoms with Crippen molar-refractivity contribution in [1.29, 1.82) is 0 Å². The van der Waals surface area contributed by atoms with Crippen LogP contribution in [0.25, 0.3) is 0 Å². The Labute approximate surface area is 136 Å². The van der Waals surface area contributed by atoms with Crippen LogP contribution in [0.4, 0.5) is 18.9 Å². The zero-order chi connectivity index (χ0) is 16.2. The number of nitrogens with one attached hydrogen (secondary N) is 2. The van der Waals surface area contributed by atoms with Crippen molar-refractivity contribution in [2.45, 2.75) is 12.7 Å². The van der Waals surface area contributed by atoms with Gasteiger partial charge in [-0.25, -0.2) is 0 Å². The van der Waals surface area contributed by atoms with E-state index in [9.17, 15) is 13.2 Å². The number of anilines is 1. The van der Waals surface area contributed by atoms with Crippen molar-refractivity contribution in [2.24, 2.45) is 0 Å². The summed E-state index contributed by atoms with van der Waals surface area (Å²) in [4.78, 5) is 0. The summed E-state index contributed by atoms with van der Waals surface area (Å²) in [6.07, 6.45) is -4.35. The van der Waals surface area contributed by atoms with Gasteiger partial charge in [-0.2, -0.15) is 13.2 Å². The molecule has 0 fully saturated rings. The Morgan fingerprint density at radius 1 is 1.09 bits per heavy atom. The third-order valence-electron chi connectivity index (χ3n) is 2.81. The lowest BCUT2D eigenvalue weighted by Crippen LogP contribution is -2.27. The van der Waals surface area contributed by atoms with Crippen LogP contribution in [0.1, 0.15) is 11.1 Å². The monoisotopic (exact) mass is 344 g/mol. The fourth-order valence-corrected chi connectivity index (χ4v) is 2.06. The summed E-state index contributed by atoms with van der Waals surface area (Å²) < 4.78 is 37.9. The first-order valence-corrected chi connectivity index (χ1v) is 7.10. The van der Waals surface area contributed by atoms with E-state index in [-0.39, 0.29) is 6.54 Å². The lowest BCUT2D eigenvalue weighted by molar-refractivity contribution is -0.137. The number of benzene rings is 2. The van der Waals surface area contributed by atoms with Crippen LogP contribution in [0.3, 0.4) is 0 Å². The molecule has 116 valence electrons. The first-order valence-electron chi connectivity index (χ1n) is 6.31. The van der Waals surface area contributed by atoms with Gasteiger partial charge in [-0.15, -0.1) is 0 Å². The summed E-state index contributed by atoms with van der Waals surface area (Å²) in [5, 5.41) is 6.71. The normalized spacial score (nSPS) is 11.1. The number of halogens is 4. The SMILES string of the molecule is FC(F)(F)c1cccc(CNC(=S)Nc2ccc(Cl)cc2)c1. The maximum atomic E-state index is 12.6. The van der Waals surface area contributed by atoms with Gasteiger partial charge in [0.2, 0.25) is 0 Å². The van der Waals surface area contributed by atoms with Crippen LogP contribution in [-0.4, -0.2) is 5.11 Å². The standard InChI is InChI=1S/C15H12ClF3N2S/c16-12-4-6-13(7-5-12)21-14(22)20-9-10-2-1-3-11(8-10)15(17,18)19/h1-8H,9H2,(H2,20,21,22). The fraction of sp³-hybridized carbons (Fsp3) is 0.133. The third-order valence-corrected chi connectivity index (χ3v) is 3.31. The minimum atomic E-state index is -4.35. The number of hydrogen-bond acceptors (Lipinski definition) is 1. The predicted molar refractivity (Wildman–Crippen MR) is 86.0 cm³/mol. The largest absolute Gasteiger partial charge is 0.416 e. The molecule has 0 atom stereocenters. The molecule has 2 aromatic rings. The maximum absolute atomic E-state index is 12.6. The van der Waals surface area contributed by atoms with Crippen molar-refractivity contribution in [3.05, 3.63) is 64.7 Å². The zero-order valence-corrected chi connectivity index (χ0v) is 12.8. The van der Waals surface area contributed by atoms with Gasteiger partial charge in [0.1, 0.15) is 0 Å². The Morgan fingerprint density at radius 2 is 1.77 bits per heavy atom. The smallest absolute Gasteiger partial charge is 0.358 e. The molecule has 0 amide bonds. The van der Waals surface area contributed by atoms with Crippen LogP contribution in [0.15, 0.2) is 48.5 Å². The molecular formula is C15H12ClF3N2S. The zero-order valence-electron chi connectivity index (χ0n) is 11.2. The molecule has 2 N–H and O–H groups in total. The Kier molecular flexibility index (Phi) is 5.26. The Balaban J connectivity index is 1.92. The van der Waals surface area contributed by atoms with E-state index in [0.29, 0.717) is 15.7 Å². The van der Waals surface area contributed by atoms with E-state index in [1.165, 1.54) is 6.07 Å². The van der Waals surface area contributed by atoms with E-state index in [1.54, 1.807) is 30.3 Å². The van der Waals surface area contributed by atoms with E-state index in [1.807, 2.05) is 0 Å². The van der Waals surface area contributed by atoms with Gasteiger partial charge in [0.15, 0.2) is 5.11 Å². The van der Waals surface area contributed by atoms with Gasteiger partial charge >= 0.3 is 6.18 Å². The van der Waals surface area contributed by atoms with E-state index in [2.05, 4.69) is 10.6 Å². The van der Waals surface area contributed by atoms with Crippen LogP contribution < -0.4 is 10.6 Å². The average Bonchev–Trinajstić information content (AvgIpc) is 2.47. The highest BCUT2D eigenvalue weighted by Crippen LogP contribution is 2.29. The van der Waals surface area contributed by atoms with Crippen LogP contribution in [-0.2, 0) is 12.7 Å². The summed E-state index contributed by atoms with van der Waals surface area (Å²) in [7, 11) is 0. The fourth-order valence-electron chi connectivity index (χ4n) is 1.75. The summed E-state index contributed by atoms with van der Waals surface area (Å²) in [6, 6.07) is 12.0. The number of thiocarbonyl (C=S) groups is 1. The first-order chi connectivity index (χ1) is 10.3. The molecule has 2 nitrogen and oxygen atoms in total. The van der Waals surface area contributed by atoms with Crippen LogP contribution >= 0.6 is 23.8 Å². The van der Waals surface area contributed by atoms with Gasteiger partial charge < -0.3 is 10.6 Å². The van der Waals surface area contributed by atoms with E-state index in [4.69, 9.17) is 23.8 Å². The molecule has 7 heteroatoms. The van der Waals surface area contributed by atoms with Gasteiger partial charge in [-0.3, -0.25) is 0 Å². The highest BCUT2D eigenvalue weighted by atomic mass is 35.5. The van der Waals surface area contributed by atoms with Gasteiger partial charge in [0.25, 0.3) is 0 Å². The predicted octanol–water partition coefficient (Wildman–Crippen LogP) is 4.85. The molecule has 0 aliphatic rings. The summed E-state index contributed by atoms with van der Waals surface area (Å²) in [5.74, 6) is 0. The highest BCUT2D eigenvalue weighted by Gasteiger charge is 2.30. The highest BCUT2D eigenvalue weighted by molar-refractivity contribution is 7.80. The van der Waals surface area contributed by atoms with Crippen molar-refractivity contribution >= 4 is 34.6 Å². The van der Waals surface area contributed by atoms with Crippen LogP contribution in [0.5, 0.6) is 0 Å². The lowest BCUT2D eigenvalue weighted by atomic mass is 10.1. The molecule has 0 saturated carbocycles. The molecule has 0 aliphatic heterocycles. The minimum absolute atomic E-state index is 0.198. The van der Waals surface area contributed by atoms with Crippen molar-refractivity contribution in [3.63, 3.8) is 0 Å². The molecule has 0 spiro atoms. The molecule has 2 rings (SSSR count). The molecular weight excluding hydrogens is 333 g/mol. The second-order valence-corrected chi connectivity index (χ2v) is 5.36. The summed E-state index contributed by atoms with van der Waals surface area (Å²) >= 11 is 10.9. The Hall–Kier alpha value is -1.79. The molecule has 0 saturated heterocycles. The molecule has 0 heterocycles. The van der Waals surface area contributed by atoms with Gasteiger partial charge in [-0.1, -0.05) is 23.7 Å². The molecule has 0 aliphatic carbocycles. The van der Waals surface area contributed by atoms with E-state index >= 15 is 0 Å². The molecule has 22 heavy (non-hydrogen) atoms. The first kappa shape index (κ1) is 16.6. The number of alkyl halides is 3. The quantitative estimate of drug-likeness (QED) is 0.779. The topological polar surface area (TPSA) is 24.1 Å². The second-order valence-electron chi connectivity index (χ2n) is 4.51. The average molecular weight is 345 g/mol. The molecule has 0 aromatic heterocycles. The van der Waals surface area contributed by atoms with Crippen molar-refractivity contribution in [1.82, 2.24) is 5.32 Å². The van der Waals surface area contributed by atoms with Gasteiger partial charge in [-0.05, 0) is 54.2 Å². The third kappa shape index (κ3) is 4.89. The molecule has 2 aromatic carbocycles.